The van der Waals surface area contributed by atoms with Gasteiger partial charge >= 0.3 is 0 Å². The van der Waals surface area contributed by atoms with Crippen LogP contribution in [0.1, 0.15) is 6.42 Å². The van der Waals surface area contributed by atoms with Crippen LogP contribution < -0.4 is 11.1 Å². The van der Waals surface area contributed by atoms with Crippen LogP contribution in [0.25, 0.3) is 0 Å². The number of rotatable bonds is 1. The Balaban J connectivity index is 2.35. The summed E-state index contributed by atoms with van der Waals surface area (Å²) in [4.78, 5) is 0. The minimum Gasteiger partial charge on any atom is -0.387 e. The van der Waals surface area contributed by atoms with Crippen molar-refractivity contribution in [1.29, 1.82) is 5.41 Å². The predicted molar refractivity (Wildman–Crippen MR) is 32.9 cm³/mol. The van der Waals surface area contributed by atoms with Crippen molar-refractivity contribution in [2.24, 2.45) is 11.7 Å². The topological polar surface area (TPSA) is 61.9 Å². The zero-order valence-corrected chi connectivity index (χ0v) is 4.78. The van der Waals surface area contributed by atoms with Gasteiger partial charge in [-0.1, -0.05) is 0 Å². The van der Waals surface area contributed by atoms with Gasteiger partial charge in [-0.25, -0.2) is 0 Å². The van der Waals surface area contributed by atoms with E-state index < -0.39 is 0 Å². The minimum atomic E-state index is 0.315. The minimum absolute atomic E-state index is 0.315. The molecule has 0 radical (unpaired) electrons. The van der Waals surface area contributed by atoms with Crippen LogP contribution in [0.2, 0.25) is 0 Å². The van der Waals surface area contributed by atoms with E-state index in [0.717, 1.165) is 19.5 Å². The lowest BCUT2D eigenvalue weighted by atomic mass is 10.1. The molecule has 1 saturated heterocycles. The molecule has 0 aromatic rings. The van der Waals surface area contributed by atoms with Crippen molar-refractivity contribution in [3.63, 3.8) is 0 Å². The fourth-order valence-corrected chi connectivity index (χ4v) is 0.920. The zero-order valence-electron chi connectivity index (χ0n) is 4.78. The molecule has 4 N–H and O–H groups in total. The van der Waals surface area contributed by atoms with E-state index in [4.69, 9.17) is 11.1 Å². The molecule has 0 aromatic carbocycles. The van der Waals surface area contributed by atoms with Crippen molar-refractivity contribution in [3.8, 4) is 0 Å². The van der Waals surface area contributed by atoms with E-state index in [1.54, 1.807) is 0 Å². The van der Waals surface area contributed by atoms with Gasteiger partial charge in [-0.3, -0.25) is 5.41 Å². The summed E-state index contributed by atoms with van der Waals surface area (Å²) < 4.78 is 0. The van der Waals surface area contributed by atoms with Crippen molar-refractivity contribution in [3.05, 3.63) is 0 Å². The fraction of sp³-hybridized carbons (Fsp3) is 0.800. The van der Waals surface area contributed by atoms with Crippen molar-refractivity contribution in [2.45, 2.75) is 6.42 Å². The van der Waals surface area contributed by atoms with Gasteiger partial charge in [0.25, 0.3) is 0 Å². The molecule has 1 heterocycles. The molecule has 0 spiro atoms. The first-order valence-electron chi connectivity index (χ1n) is 2.85. The molecule has 0 unspecified atom stereocenters. The molecule has 1 aliphatic rings. The zero-order chi connectivity index (χ0) is 5.98. The Morgan fingerprint density at radius 3 is 2.75 bits per heavy atom. The highest BCUT2D eigenvalue weighted by Crippen LogP contribution is 2.04. The summed E-state index contributed by atoms with van der Waals surface area (Å²) in [5.74, 6) is 0.644. The van der Waals surface area contributed by atoms with Gasteiger partial charge in [0.1, 0.15) is 0 Å². The highest BCUT2D eigenvalue weighted by molar-refractivity contribution is 5.80. The van der Waals surface area contributed by atoms with Crippen molar-refractivity contribution in [2.75, 3.05) is 13.1 Å². The Kier molecular flexibility index (Phi) is 1.48. The van der Waals surface area contributed by atoms with Gasteiger partial charge < -0.3 is 11.1 Å². The highest BCUT2D eigenvalue weighted by atomic mass is 14.9. The molecule has 0 aromatic heterocycles. The molecule has 46 valence electrons. The lowest BCUT2D eigenvalue weighted by Gasteiger charge is -2.01. The second-order valence-corrected chi connectivity index (χ2v) is 2.15. The first-order chi connectivity index (χ1) is 3.80. The lowest BCUT2D eigenvalue weighted by molar-refractivity contribution is 0.759. The molecule has 0 saturated carbocycles. The van der Waals surface area contributed by atoms with Crippen molar-refractivity contribution >= 4 is 5.84 Å². The standard InChI is InChI=1S/C5H11N3/c6-5(7)4-1-2-8-3-4/h4,8H,1-3H2,(H3,6,7)/t4-/m1/s1. The SMILES string of the molecule is N=C(N)[C@@H]1CCNC1. The smallest absolute Gasteiger partial charge is 0.0950 e. The van der Waals surface area contributed by atoms with Crippen LogP contribution >= 0.6 is 0 Å². The molecular weight excluding hydrogens is 102 g/mol. The van der Waals surface area contributed by atoms with Gasteiger partial charge in [0.2, 0.25) is 0 Å². The summed E-state index contributed by atoms with van der Waals surface area (Å²) in [6, 6.07) is 0. The van der Waals surface area contributed by atoms with Crippen LogP contribution in [0.4, 0.5) is 0 Å². The summed E-state index contributed by atoms with van der Waals surface area (Å²) in [5.41, 5.74) is 5.24. The number of amidine groups is 1. The van der Waals surface area contributed by atoms with Crippen molar-refractivity contribution < 1.29 is 0 Å². The average molecular weight is 113 g/mol. The number of nitrogens with two attached hydrogens (primary N) is 1. The van der Waals surface area contributed by atoms with Crippen LogP contribution in [0.5, 0.6) is 0 Å². The van der Waals surface area contributed by atoms with Crippen LogP contribution in [0.15, 0.2) is 0 Å². The quantitative estimate of drug-likeness (QED) is 0.318. The van der Waals surface area contributed by atoms with Crippen LogP contribution in [-0.2, 0) is 0 Å². The molecule has 0 amide bonds. The third-order valence-corrected chi connectivity index (χ3v) is 1.50. The van der Waals surface area contributed by atoms with E-state index in [1.165, 1.54) is 0 Å². The largest absolute Gasteiger partial charge is 0.387 e. The molecule has 1 rings (SSSR count). The Labute approximate surface area is 48.8 Å². The maximum absolute atomic E-state index is 7.03. The molecule has 0 bridgehead atoms. The molecule has 8 heavy (non-hydrogen) atoms. The molecule has 0 aliphatic carbocycles. The molecular formula is C5H11N3. The van der Waals surface area contributed by atoms with E-state index in [1.807, 2.05) is 0 Å². The van der Waals surface area contributed by atoms with Gasteiger partial charge in [-0.05, 0) is 13.0 Å². The molecule has 3 heteroatoms. The van der Waals surface area contributed by atoms with Crippen LogP contribution in [0.3, 0.4) is 0 Å². The van der Waals surface area contributed by atoms with E-state index in [-0.39, 0.29) is 0 Å². The second kappa shape index (κ2) is 2.13. The molecule has 1 aliphatic heterocycles. The molecule has 1 atom stereocenters. The average Bonchev–Trinajstić information content (AvgIpc) is 2.12. The first-order valence-corrected chi connectivity index (χ1v) is 2.85. The maximum Gasteiger partial charge on any atom is 0.0950 e. The number of hydrogen-bond acceptors (Lipinski definition) is 2. The maximum atomic E-state index is 7.03. The number of hydrogen-bond donors (Lipinski definition) is 3. The Bertz CT molecular complexity index is 93.8. The Morgan fingerprint density at radius 2 is 2.50 bits per heavy atom. The first kappa shape index (κ1) is 5.56. The Morgan fingerprint density at radius 1 is 1.75 bits per heavy atom. The molecule has 3 nitrogen and oxygen atoms in total. The van der Waals surface area contributed by atoms with E-state index in [2.05, 4.69) is 5.32 Å². The van der Waals surface area contributed by atoms with Gasteiger partial charge in [-0.2, -0.15) is 0 Å². The highest BCUT2D eigenvalue weighted by Gasteiger charge is 2.15. The third kappa shape index (κ3) is 0.980. The lowest BCUT2D eigenvalue weighted by Crippen LogP contribution is -2.24. The van der Waals surface area contributed by atoms with E-state index >= 15 is 0 Å². The third-order valence-electron chi connectivity index (χ3n) is 1.50. The normalized spacial score (nSPS) is 28.2. The summed E-state index contributed by atoms with van der Waals surface area (Å²) in [6.45, 7) is 1.92. The second-order valence-electron chi connectivity index (χ2n) is 2.15. The summed E-state index contributed by atoms with van der Waals surface area (Å²) >= 11 is 0. The van der Waals surface area contributed by atoms with Crippen molar-refractivity contribution in [1.82, 2.24) is 5.32 Å². The van der Waals surface area contributed by atoms with Gasteiger partial charge in [0, 0.05) is 12.5 Å². The summed E-state index contributed by atoms with van der Waals surface area (Å²) in [6.07, 6.45) is 1.04. The monoisotopic (exact) mass is 113 g/mol. The summed E-state index contributed by atoms with van der Waals surface area (Å²) in [7, 11) is 0. The van der Waals surface area contributed by atoms with E-state index in [0.29, 0.717) is 11.8 Å². The predicted octanol–water partition coefficient (Wildman–Crippen LogP) is -0.468. The van der Waals surface area contributed by atoms with Gasteiger partial charge in [0.15, 0.2) is 0 Å². The molecule has 1 fully saturated rings. The fourth-order valence-electron chi connectivity index (χ4n) is 0.920. The number of nitrogens with one attached hydrogen (secondary N) is 2. The van der Waals surface area contributed by atoms with Gasteiger partial charge in [0.05, 0.1) is 5.84 Å². The van der Waals surface area contributed by atoms with Crippen LogP contribution in [-0.4, -0.2) is 18.9 Å². The summed E-state index contributed by atoms with van der Waals surface area (Å²) in [5, 5.41) is 10.2. The van der Waals surface area contributed by atoms with E-state index in [9.17, 15) is 0 Å². The van der Waals surface area contributed by atoms with Crippen LogP contribution in [0, 0.1) is 11.3 Å². The van der Waals surface area contributed by atoms with Gasteiger partial charge in [-0.15, -0.1) is 0 Å². The Hall–Kier alpha value is -0.570.